The summed E-state index contributed by atoms with van der Waals surface area (Å²) in [6, 6.07) is 3.46. The van der Waals surface area contributed by atoms with Gasteiger partial charge >= 0.3 is 5.97 Å². The Morgan fingerprint density at radius 2 is 2.16 bits per heavy atom. The molecule has 1 saturated heterocycles. The zero-order chi connectivity index (χ0) is 13.7. The summed E-state index contributed by atoms with van der Waals surface area (Å²) >= 11 is 0. The van der Waals surface area contributed by atoms with Gasteiger partial charge in [0.1, 0.15) is 0 Å². The summed E-state index contributed by atoms with van der Waals surface area (Å²) in [5, 5.41) is 0. The Morgan fingerprint density at radius 1 is 1.42 bits per heavy atom. The van der Waals surface area contributed by atoms with Gasteiger partial charge in [0.15, 0.2) is 5.92 Å². The third-order valence-electron chi connectivity index (χ3n) is 3.20. The van der Waals surface area contributed by atoms with Gasteiger partial charge in [-0.15, -0.1) is 0 Å². The van der Waals surface area contributed by atoms with Gasteiger partial charge in [-0.1, -0.05) is 6.07 Å². The van der Waals surface area contributed by atoms with Crippen LogP contribution in [0.15, 0.2) is 24.5 Å². The molecule has 19 heavy (non-hydrogen) atoms. The first-order valence-corrected chi connectivity index (χ1v) is 6.59. The molecule has 0 bridgehead atoms. The van der Waals surface area contributed by atoms with E-state index in [0.717, 1.165) is 25.9 Å². The molecule has 0 spiro atoms. The summed E-state index contributed by atoms with van der Waals surface area (Å²) in [6.45, 7) is 3.44. The zero-order valence-electron chi connectivity index (χ0n) is 11.0. The third-order valence-corrected chi connectivity index (χ3v) is 3.20. The Morgan fingerprint density at radius 3 is 2.74 bits per heavy atom. The lowest BCUT2D eigenvalue weighted by Crippen LogP contribution is -2.37. The standard InChI is InChI=1S/C14H18N2O3/c1-2-19-14(18)12(11-6-5-7-15-10-11)13(17)16-8-3-4-9-16/h5-7,10,12H,2-4,8-9H2,1H3. The summed E-state index contributed by atoms with van der Waals surface area (Å²) < 4.78 is 5.02. The number of esters is 1. The van der Waals surface area contributed by atoms with Crippen LogP contribution in [0.3, 0.4) is 0 Å². The van der Waals surface area contributed by atoms with Crippen molar-refractivity contribution < 1.29 is 14.3 Å². The van der Waals surface area contributed by atoms with E-state index in [1.54, 1.807) is 36.4 Å². The zero-order valence-corrected chi connectivity index (χ0v) is 11.0. The molecule has 1 aliphatic heterocycles. The molecule has 1 aromatic rings. The van der Waals surface area contributed by atoms with Crippen molar-refractivity contribution in [1.29, 1.82) is 0 Å². The molecular formula is C14H18N2O3. The molecule has 2 rings (SSSR count). The van der Waals surface area contributed by atoms with Gasteiger partial charge in [0.2, 0.25) is 5.91 Å². The number of aromatic nitrogens is 1. The highest BCUT2D eigenvalue weighted by Crippen LogP contribution is 2.22. The van der Waals surface area contributed by atoms with Gasteiger partial charge in [-0.05, 0) is 31.4 Å². The summed E-state index contributed by atoms with van der Waals surface area (Å²) in [5.41, 5.74) is 0.595. The number of nitrogens with zero attached hydrogens (tertiary/aromatic N) is 2. The first kappa shape index (κ1) is 13.5. The number of ether oxygens (including phenoxy) is 1. The van der Waals surface area contributed by atoms with Gasteiger partial charge < -0.3 is 9.64 Å². The smallest absolute Gasteiger partial charge is 0.323 e. The molecule has 0 N–H and O–H groups in total. The van der Waals surface area contributed by atoms with Crippen molar-refractivity contribution >= 4 is 11.9 Å². The second-order valence-corrected chi connectivity index (χ2v) is 4.50. The average Bonchev–Trinajstić information content (AvgIpc) is 2.94. The van der Waals surface area contributed by atoms with Crippen molar-refractivity contribution in [3.05, 3.63) is 30.1 Å². The predicted octanol–water partition coefficient (Wildman–Crippen LogP) is 1.35. The van der Waals surface area contributed by atoms with Crippen LogP contribution in [-0.4, -0.2) is 41.5 Å². The topological polar surface area (TPSA) is 59.5 Å². The number of likely N-dealkylation sites (tertiary alicyclic amines) is 1. The number of hydrogen-bond donors (Lipinski definition) is 0. The number of carbonyl (C=O) groups excluding carboxylic acids is 2. The first-order valence-electron chi connectivity index (χ1n) is 6.59. The Hall–Kier alpha value is -1.91. The van der Waals surface area contributed by atoms with E-state index in [4.69, 9.17) is 4.74 Å². The van der Waals surface area contributed by atoms with Crippen LogP contribution in [0.5, 0.6) is 0 Å². The van der Waals surface area contributed by atoms with Crippen molar-refractivity contribution in [3.8, 4) is 0 Å². The number of pyridine rings is 1. The molecule has 1 atom stereocenters. The van der Waals surface area contributed by atoms with E-state index in [1.165, 1.54) is 0 Å². The van der Waals surface area contributed by atoms with E-state index >= 15 is 0 Å². The van der Waals surface area contributed by atoms with Crippen LogP contribution in [0, 0.1) is 0 Å². The van der Waals surface area contributed by atoms with Crippen LogP contribution in [0.2, 0.25) is 0 Å². The SMILES string of the molecule is CCOC(=O)C(C(=O)N1CCCC1)c1cccnc1. The minimum Gasteiger partial charge on any atom is -0.465 e. The normalized spacial score (nSPS) is 16.2. The second-order valence-electron chi connectivity index (χ2n) is 4.50. The molecular weight excluding hydrogens is 244 g/mol. The maximum absolute atomic E-state index is 12.5. The Bertz CT molecular complexity index is 441. The molecule has 102 valence electrons. The summed E-state index contributed by atoms with van der Waals surface area (Å²) in [6.07, 6.45) is 5.16. The van der Waals surface area contributed by atoms with Crippen LogP contribution in [0.25, 0.3) is 0 Å². The van der Waals surface area contributed by atoms with Crippen molar-refractivity contribution in [2.24, 2.45) is 0 Å². The van der Waals surface area contributed by atoms with Crippen LogP contribution in [0.1, 0.15) is 31.2 Å². The highest BCUT2D eigenvalue weighted by molar-refractivity contribution is 6.03. The van der Waals surface area contributed by atoms with Gasteiger partial charge in [0.05, 0.1) is 6.61 Å². The lowest BCUT2D eigenvalue weighted by atomic mass is 9.99. The lowest BCUT2D eigenvalue weighted by Gasteiger charge is -2.21. The monoisotopic (exact) mass is 262 g/mol. The molecule has 1 unspecified atom stereocenters. The molecule has 0 radical (unpaired) electrons. The van der Waals surface area contributed by atoms with Gasteiger partial charge in [-0.3, -0.25) is 14.6 Å². The lowest BCUT2D eigenvalue weighted by molar-refractivity contribution is -0.151. The largest absolute Gasteiger partial charge is 0.465 e. The fourth-order valence-electron chi connectivity index (χ4n) is 2.27. The highest BCUT2D eigenvalue weighted by Gasteiger charge is 2.34. The van der Waals surface area contributed by atoms with Crippen molar-refractivity contribution in [3.63, 3.8) is 0 Å². The first-order chi connectivity index (χ1) is 9.24. The molecule has 5 nitrogen and oxygen atoms in total. The summed E-state index contributed by atoms with van der Waals surface area (Å²) in [5.74, 6) is -1.55. The van der Waals surface area contributed by atoms with Gasteiger partial charge in [0.25, 0.3) is 0 Å². The van der Waals surface area contributed by atoms with Crippen LogP contribution < -0.4 is 0 Å². The maximum Gasteiger partial charge on any atom is 0.323 e. The van der Waals surface area contributed by atoms with Crippen LogP contribution >= 0.6 is 0 Å². The van der Waals surface area contributed by atoms with E-state index in [2.05, 4.69) is 4.98 Å². The molecule has 0 aliphatic carbocycles. The van der Waals surface area contributed by atoms with Crippen LogP contribution in [0.4, 0.5) is 0 Å². The molecule has 1 aromatic heterocycles. The van der Waals surface area contributed by atoms with E-state index in [1.807, 2.05) is 0 Å². The van der Waals surface area contributed by atoms with Gasteiger partial charge in [-0.25, -0.2) is 0 Å². The minimum absolute atomic E-state index is 0.177. The third kappa shape index (κ3) is 3.10. The van der Waals surface area contributed by atoms with Crippen molar-refractivity contribution in [1.82, 2.24) is 9.88 Å². The number of carbonyl (C=O) groups is 2. The molecule has 1 fully saturated rings. The molecule has 2 heterocycles. The number of hydrogen-bond acceptors (Lipinski definition) is 4. The van der Waals surface area contributed by atoms with E-state index in [9.17, 15) is 9.59 Å². The summed E-state index contributed by atoms with van der Waals surface area (Å²) in [4.78, 5) is 30.2. The molecule has 1 amide bonds. The number of amides is 1. The average molecular weight is 262 g/mol. The highest BCUT2D eigenvalue weighted by atomic mass is 16.5. The fraction of sp³-hybridized carbons (Fsp3) is 0.500. The molecule has 1 aliphatic rings. The molecule has 0 aromatic carbocycles. The molecule has 5 heteroatoms. The van der Waals surface area contributed by atoms with Gasteiger partial charge in [0, 0.05) is 25.5 Å². The minimum atomic E-state index is -0.883. The Labute approximate surface area is 112 Å². The van der Waals surface area contributed by atoms with Gasteiger partial charge in [-0.2, -0.15) is 0 Å². The maximum atomic E-state index is 12.5. The Balaban J connectivity index is 2.23. The van der Waals surface area contributed by atoms with Crippen molar-refractivity contribution in [2.75, 3.05) is 19.7 Å². The van der Waals surface area contributed by atoms with E-state index in [-0.39, 0.29) is 12.5 Å². The second kappa shape index (κ2) is 6.31. The predicted molar refractivity (Wildman–Crippen MR) is 69.4 cm³/mol. The van der Waals surface area contributed by atoms with E-state index in [0.29, 0.717) is 5.56 Å². The van der Waals surface area contributed by atoms with E-state index < -0.39 is 11.9 Å². The number of rotatable bonds is 4. The quantitative estimate of drug-likeness (QED) is 0.607. The summed E-state index contributed by atoms with van der Waals surface area (Å²) in [7, 11) is 0. The van der Waals surface area contributed by atoms with Crippen molar-refractivity contribution in [2.45, 2.75) is 25.7 Å². The fourth-order valence-corrected chi connectivity index (χ4v) is 2.27. The van der Waals surface area contributed by atoms with Crippen LogP contribution in [-0.2, 0) is 14.3 Å². The Kier molecular flexibility index (Phi) is 4.49. The molecule has 0 saturated carbocycles.